The molecule has 18 heavy (non-hydrogen) atoms. The lowest BCUT2D eigenvalue weighted by Crippen LogP contribution is -2.16. The lowest BCUT2D eigenvalue weighted by Gasteiger charge is -2.10. The standard InChI is InChI=1S/C14H15N3S/c1-10-7-8-11(2)17(10)15-9-14-16-12-5-3-4-6-13(12)18-14/h3-8,15H,9H2,1-2H3. The highest BCUT2D eigenvalue weighted by atomic mass is 32.1. The normalized spacial score (nSPS) is 11.0. The molecule has 3 rings (SSSR count). The summed E-state index contributed by atoms with van der Waals surface area (Å²) in [7, 11) is 0. The van der Waals surface area contributed by atoms with Gasteiger partial charge in [0, 0.05) is 11.4 Å². The first-order chi connectivity index (χ1) is 8.74. The highest BCUT2D eigenvalue weighted by molar-refractivity contribution is 7.18. The average molecular weight is 257 g/mol. The summed E-state index contributed by atoms with van der Waals surface area (Å²) in [5.41, 5.74) is 6.92. The van der Waals surface area contributed by atoms with Crippen LogP contribution in [0.4, 0.5) is 0 Å². The van der Waals surface area contributed by atoms with Gasteiger partial charge >= 0.3 is 0 Å². The number of aryl methyl sites for hydroxylation is 2. The van der Waals surface area contributed by atoms with Crippen molar-refractivity contribution >= 4 is 21.6 Å². The Kier molecular flexibility index (Phi) is 2.80. The molecule has 0 bridgehead atoms. The molecule has 0 aliphatic heterocycles. The van der Waals surface area contributed by atoms with E-state index in [4.69, 9.17) is 0 Å². The molecule has 4 heteroatoms. The van der Waals surface area contributed by atoms with Crippen LogP contribution in [0.15, 0.2) is 36.4 Å². The van der Waals surface area contributed by atoms with E-state index in [9.17, 15) is 0 Å². The van der Waals surface area contributed by atoms with Crippen molar-refractivity contribution in [3.8, 4) is 0 Å². The summed E-state index contributed by atoms with van der Waals surface area (Å²) in [5, 5.41) is 1.11. The first-order valence-corrected chi connectivity index (χ1v) is 6.79. The van der Waals surface area contributed by atoms with Crippen LogP contribution in [0, 0.1) is 13.8 Å². The van der Waals surface area contributed by atoms with Gasteiger partial charge < -0.3 is 5.43 Å². The van der Waals surface area contributed by atoms with Gasteiger partial charge in [0.2, 0.25) is 0 Å². The molecule has 3 nitrogen and oxygen atoms in total. The Morgan fingerprint density at radius 2 is 1.83 bits per heavy atom. The van der Waals surface area contributed by atoms with Crippen LogP contribution < -0.4 is 5.43 Å². The largest absolute Gasteiger partial charge is 0.319 e. The number of hydrogen-bond acceptors (Lipinski definition) is 3. The topological polar surface area (TPSA) is 29.9 Å². The molecule has 3 aromatic rings. The van der Waals surface area contributed by atoms with Crippen molar-refractivity contribution in [1.82, 2.24) is 9.66 Å². The van der Waals surface area contributed by atoms with Gasteiger partial charge in [-0.2, -0.15) is 0 Å². The molecular formula is C14H15N3S. The molecular weight excluding hydrogens is 242 g/mol. The first-order valence-electron chi connectivity index (χ1n) is 5.97. The third kappa shape index (κ3) is 1.99. The number of nitrogens with zero attached hydrogens (tertiary/aromatic N) is 2. The Labute approximate surface area is 110 Å². The molecule has 0 unspecified atom stereocenters. The van der Waals surface area contributed by atoms with Crippen molar-refractivity contribution in [1.29, 1.82) is 0 Å². The van der Waals surface area contributed by atoms with Gasteiger partial charge in [-0.3, -0.25) is 4.68 Å². The summed E-state index contributed by atoms with van der Waals surface area (Å²) in [6.45, 7) is 4.95. The molecule has 0 amide bonds. The highest BCUT2D eigenvalue weighted by Gasteiger charge is 2.04. The second-order valence-corrected chi connectivity index (χ2v) is 5.48. The van der Waals surface area contributed by atoms with Gasteiger partial charge in [-0.15, -0.1) is 11.3 Å². The van der Waals surface area contributed by atoms with Crippen LogP contribution in [0.1, 0.15) is 16.4 Å². The number of benzene rings is 1. The van der Waals surface area contributed by atoms with E-state index in [0.29, 0.717) is 0 Å². The molecule has 0 atom stereocenters. The fraction of sp³-hybridized carbons (Fsp3) is 0.214. The molecule has 0 fully saturated rings. The lowest BCUT2D eigenvalue weighted by atomic mass is 10.3. The summed E-state index contributed by atoms with van der Waals surface area (Å²) >= 11 is 1.74. The molecule has 0 spiro atoms. The van der Waals surface area contributed by atoms with E-state index in [1.807, 2.05) is 6.07 Å². The van der Waals surface area contributed by atoms with Gasteiger partial charge in [0.1, 0.15) is 5.01 Å². The lowest BCUT2D eigenvalue weighted by molar-refractivity contribution is 0.790. The molecule has 92 valence electrons. The number of aromatic nitrogens is 2. The number of thiazole rings is 1. The number of hydrogen-bond donors (Lipinski definition) is 1. The summed E-state index contributed by atoms with van der Waals surface area (Å²) in [6, 6.07) is 12.5. The molecule has 2 aromatic heterocycles. The fourth-order valence-electron chi connectivity index (χ4n) is 2.06. The van der Waals surface area contributed by atoms with Crippen LogP contribution in [0.25, 0.3) is 10.2 Å². The van der Waals surface area contributed by atoms with Gasteiger partial charge in [-0.1, -0.05) is 12.1 Å². The maximum Gasteiger partial charge on any atom is 0.115 e. The zero-order valence-corrected chi connectivity index (χ0v) is 11.3. The summed E-state index contributed by atoms with van der Waals surface area (Å²) < 4.78 is 3.35. The number of rotatable bonds is 3. The molecule has 0 radical (unpaired) electrons. The Morgan fingerprint density at radius 1 is 1.11 bits per heavy atom. The van der Waals surface area contributed by atoms with E-state index in [1.165, 1.54) is 16.1 Å². The van der Waals surface area contributed by atoms with E-state index in [2.05, 4.69) is 59.3 Å². The predicted octanol–water partition coefficient (Wildman–Crippen LogP) is 3.46. The number of fused-ring (bicyclic) bond motifs is 1. The van der Waals surface area contributed by atoms with Crippen LogP contribution in [0.5, 0.6) is 0 Å². The second kappa shape index (κ2) is 4.46. The van der Waals surface area contributed by atoms with Crippen LogP contribution in [0.2, 0.25) is 0 Å². The van der Waals surface area contributed by atoms with E-state index >= 15 is 0 Å². The van der Waals surface area contributed by atoms with E-state index in [0.717, 1.165) is 17.1 Å². The third-order valence-corrected chi connectivity index (χ3v) is 4.03. The van der Waals surface area contributed by atoms with Gasteiger partial charge in [0.05, 0.1) is 16.8 Å². The van der Waals surface area contributed by atoms with Crippen molar-refractivity contribution in [2.75, 3.05) is 5.43 Å². The quantitative estimate of drug-likeness (QED) is 0.778. The maximum atomic E-state index is 4.61. The Hall–Kier alpha value is -1.81. The van der Waals surface area contributed by atoms with Gasteiger partial charge in [0.15, 0.2) is 0 Å². The van der Waals surface area contributed by atoms with Crippen LogP contribution in [-0.2, 0) is 6.54 Å². The summed E-state index contributed by atoms with van der Waals surface area (Å²) in [5.74, 6) is 0. The SMILES string of the molecule is Cc1ccc(C)n1NCc1nc2ccccc2s1. The van der Waals surface area contributed by atoms with Crippen molar-refractivity contribution in [2.45, 2.75) is 20.4 Å². The van der Waals surface area contributed by atoms with Gasteiger partial charge in [0.25, 0.3) is 0 Å². The van der Waals surface area contributed by atoms with Crippen LogP contribution in [0.3, 0.4) is 0 Å². The first kappa shape index (κ1) is 11.3. The Morgan fingerprint density at radius 3 is 2.56 bits per heavy atom. The zero-order valence-electron chi connectivity index (χ0n) is 10.5. The molecule has 1 N–H and O–H groups in total. The molecule has 0 saturated heterocycles. The van der Waals surface area contributed by atoms with Crippen molar-refractivity contribution in [3.05, 3.63) is 52.8 Å². The van der Waals surface area contributed by atoms with Crippen molar-refractivity contribution in [3.63, 3.8) is 0 Å². The minimum absolute atomic E-state index is 0.760. The third-order valence-electron chi connectivity index (χ3n) is 3.00. The summed E-state index contributed by atoms with van der Waals surface area (Å²) in [4.78, 5) is 4.61. The average Bonchev–Trinajstić information content (AvgIpc) is 2.91. The van der Waals surface area contributed by atoms with Crippen LogP contribution >= 0.6 is 11.3 Å². The van der Waals surface area contributed by atoms with Crippen LogP contribution in [-0.4, -0.2) is 9.66 Å². The predicted molar refractivity (Wildman–Crippen MR) is 76.6 cm³/mol. The van der Waals surface area contributed by atoms with Gasteiger partial charge in [-0.25, -0.2) is 4.98 Å². The van der Waals surface area contributed by atoms with Crippen molar-refractivity contribution < 1.29 is 0 Å². The number of nitrogens with one attached hydrogen (secondary N) is 1. The molecule has 2 heterocycles. The number of para-hydroxylation sites is 1. The Balaban J connectivity index is 1.81. The smallest absolute Gasteiger partial charge is 0.115 e. The highest BCUT2D eigenvalue weighted by Crippen LogP contribution is 2.21. The van der Waals surface area contributed by atoms with E-state index in [-0.39, 0.29) is 0 Å². The minimum atomic E-state index is 0.760. The van der Waals surface area contributed by atoms with E-state index < -0.39 is 0 Å². The van der Waals surface area contributed by atoms with Crippen molar-refractivity contribution in [2.24, 2.45) is 0 Å². The monoisotopic (exact) mass is 257 g/mol. The van der Waals surface area contributed by atoms with Gasteiger partial charge in [-0.05, 0) is 38.1 Å². The fourth-order valence-corrected chi connectivity index (χ4v) is 2.96. The van der Waals surface area contributed by atoms with E-state index in [1.54, 1.807) is 11.3 Å². The zero-order chi connectivity index (χ0) is 12.5. The maximum absolute atomic E-state index is 4.61. The second-order valence-electron chi connectivity index (χ2n) is 4.36. The molecule has 1 aromatic carbocycles. The summed E-state index contributed by atoms with van der Waals surface area (Å²) in [6.07, 6.45) is 0. The Bertz CT molecular complexity index is 629. The minimum Gasteiger partial charge on any atom is -0.319 e. The molecule has 0 aliphatic rings. The molecule has 0 saturated carbocycles. The molecule has 0 aliphatic carbocycles.